The number of aromatic nitrogens is 1. The quantitative estimate of drug-likeness (QED) is 0.858. The standard InChI is InChI=1S/C15H18N2OS2/c1-4-12-14(15(16)19)20-13(17-12)8-18-11-6-5-9(2)10(3)7-11/h5-7H,4,8H2,1-3H3,(H2,16,19). The van der Waals surface area contributed by atoms with Gasteiger partial charge in [0.25, 0.3) is 0 Å². The molecule has 0 saturated heterocycles. The molecule has 0 bridgehead atoms. The Morgan fingerprint density at radius 1 is 1.35 bits per heavy atom. The van der Waals surface area contributed by atoms with Crippen LogP contribution in [-0.2, 0) is 13.0 Å². The number of aryl methyl sites for hydroxylation is 3. The van der Waals surface area contributed by atoms with Gasteiger partial charge in [0.05, 0.1) is 10.6 Å². The molecule has 0 aliphatic carbocycles. The molecule has 1 aromatic heterocycles. The molecule has 0 aliphatic heterocycles. The molecule has 2 N–H and O–H groups in total. The molecule has 0 unspecified atom stereocenters. The smallest absolute Gasteiger partial charge is 0.140 e. The number of thiocarbonyl (C=S) groups is 1. The van der Waals surface area contributed by atoms with Crippen LogP contribution in [0.3, 0.4) is 0 Å². The summed E-state index contributed by atoms with van der Waals surface area (Å²) in [5.74, 6) is 0.859. The Kier molecular flexibility index (Phi) is 4.73. The van der Waals surface area contributed by atoms with E-state index in [0.29, 0.717) is 11.6 Å². The normalized spacial score (nSPS) is 10.6. The number of rotatable bonds is 5. The molecule has 2 rings (SSSR count). The minimum Gasteiger partial charge on any atom is -0.486 e. The van der Waals surface area contributed by atoms with Crippen LogP contribution in [0.4, 0.5) is 0 Å². The number of nitrogens with zero attached hydrogens (tertiary/aromatic N) is 1. The van der Waals surface area contributed by atoms with E-state index >= 15 is 0 Å². The van der Waals surface area contributed by atoms with E-state index in [9.17, 15) is 0 Å². The van der Waals surface area contributed by atoms with Crippen LogP contribution in [0.5, 0.6) is 5.75 Å². The number of nitrogens with two attached hydrogens (primary N) is 1. The molecule has 0 atom stereocenters. The van der Waals surface area contributed by atoms with Gasteiger partial charge in [-0.1, -0.05) is 25.2 Å². The van der Waals surface area contributed by atoms with Gasteiger partial charge < -0.3 is 10.5 Å². The van der Waals surface area contributed by atoms with Crippen LogP contribution >= 0.6 is 23.6 Å². The maximum Gasteiger partial charge on any atom is 0.140 e. The maximum absolute atomic E-state index is 5.78. The Morgan fingerprint density at radius 2 is 2.10 bits per heavy atom. The van der Waals surface area contributed by atoms with E-state index in [1.54, 1.807) is 0 Å². The van der Waals surface area contributed by atoms with Crippen molar-refractivity contribution in [3.05, 3.63) is 44.9 Å². The summed E-state index contributed by atoms with van der Waals surface area (Å²) in [6.07, 6.45) is 0.826. The first-order valence-electron chi connectivity index (χ1n) is 6.49. The Balaban J connectivity index is 2.10. The van der Waals surface area contributed by atoms with Crippen molar-refractivity contribution in [3.63, 3.8) is 0 Å². The molecule has 0 radical (unpaired) electrons. The fourth-order valence-corrected chi connectivity index (χ4v) is 3.00. The van der Waals surface area contributed by atoms with Gasteiger partial charge in [0.1, 0.15) is 22.4 Å². The summed E-state index contributed by atoms with van der Waals surface area (Å²) < 4.78 is 5.78. The minimum atomic E-state index is 0.414. The second-order valence-corrected chi connectivity index (χ2v) is 6.16. The highest BCUT2D eigenvalue weighted by atomic mass is 32.1. The highest BCUT2D eigenvalue weighted by molar-refractivity contribution is 7.81. The molecule has 1 heterocycles. The Bertz CT molecular complexity index is 635. The van der Waals surface area contributed by atoms with E-state index in [1.807, 2.05) is 19.1 Å². The van der Waals surface area contributed by atoms with Gasteiger partial charge >= 0.3 is 0 Å². The third kappa shape index (κ3) is 3.35. The number of benzene rings is 1. The van der Waals surface area contributed by atoms with Crippen molar-refractivity contribution >= 4 is 28.5 Å². The zero-order valence-electron chi connectivity index (χ0n) is 11.9. The summed E-state index contributed by atoms with van der Waals surface area (Å²) in [5, 5.41) is 0.905. The molecule has 2 aromatic rings. The Labute approximate surface area is 128 Å². The summed E-state index contributed by atoms with van der Waals surface area (Å²) in [6.45, 7) is 6.65. The summed E-state index contributed by atoms with van der Waals surface area (Å²) in [7, 11) is 0. The summed E-state index contributed by atoms with van der Waals surface area (Å²) in [4.78, 5) is 5.85. The van der Waals surface area contributed by atoms with Crippen molar-refractivity contribution < 1.29 is 4.74 Å². The second-order valence-electron chi connectivity index (χ2n) is 4.64. The lowest BCUT2D eigenvalue weighted by Gasteiger charge is -2.06. The van der Waals surface area contributed by atoms with E-state index in [2.05, 4.69) is 24.9 Å². The average molecular weight is 306 g/mol. The van der Waals surface area contributed by atoms with Crippen molar-refractivity contribution in [2.24, 2.45) is 5.73 Å². The van der Waals surface area contributed by atoms with Crippen LogP contribution in [0.25, 0.3) is 0 Å². The fourth-order valence-electron chi connectivity index (χ4n) is 1.84. The number of hydrogen-bond donors (Lipinski definition) is 1. The third-order valence-electron chi connectivity index (χ3n) is 3.14. The van der Waals surface area contributed by atoms with Gasteiger partial charge in [-0.2, -0.15) is 0 Å². The van der Waals surface area contributed by atoms with Crippen molar-refractivity contribution in [3.8, 4) is 5.75 Å². The maximum atomic E-state index is 5.78. The minimum absolute atomic E-state index is 0.414. The van der Waals surface area contributed by atoms with Crippen LogP contribution in [-0.4, -0.2) is 9.97 Å². The first-order valence-corrected chi connectivity index (χ1v) is 7.72. The topological polar surface area (TPSA) is 48.1 Å². The highest BCUT2D eigenvalue weighted by Gasteiger charge is 2.12. The lowest BCUT2D eigenvalue weighted by atomic mass is 10.1. The predicted molar refractivity (Wildman–Crippen MR) is 87.6 cm³/mol. The molecule has 20 heavy (non-hydrogen) atoms. The van der Waals surface area contributed by atoms with Gasteiger partial charge in [-0.15, -0.1) is 11.3 Å². The van der Waals surface area contributed by atoms with Crippen molar-refractivity contribution in [1.82, 2.24) is 4.98 Å². The summed E-state index contributed by atoms with van der Waals surface area (Å²) in [5.41, 5.74) is 9.15. The van der Waals surface area contributed by atoms with E-state index in [0.717, 1.165) is 27.7 Å². The molecule has 0 spiro atoms. The molecule has 0 amide bonds. The number of thiazole rings is 1. The van der Waals surface area contributed by atoms with Gasteiger partial charge in [0.2, 0.25) is 0 Å². The van der Waals surface area contributed by atoms with Crippen LogP contribution in [0.15, 0.2) is 18.2 Å². The van der Waals surface area contributed by atoms with Crippen molar-refractivity contribution in [1.29, 1.82) is 0 Å². The molecular formula is C15H18N2OS2. The lowest BCUT2D eigenvalue weighted by molar-refractivity contribution is 0.305. The highest BCUT2D eigenvalue weighted by Crippen LogP contribution is 2.22. The molecule has 5 heteroatoms. The SMILES string of the molecule is CCc1nc(COc2ccc(C)c(C)c2)sc1C(N)=S. The number of hydrogen-bond acceptors (Lipinski definition) is 4. The fraction of sp³-hybridized carbons (Fsp3) is 0.333. The lowest BCUT2D eigenvalue weighted by Crippen LogP contribution is -2.09. The molecule has 0 saturated carbocycles. The monoisotopic (exact) mass is 306 g/mol. The van der Waals surface area contributed by atoms with Gasteiger partial charge in [-0.3, -0.25) is 0 Å². The van der Waals surface area contributed by atoms with Gasteiger partial charge in [0.15, 0.2) is 0 Å². The predicted octanol–water partition coefficient (Wildman–Crippen LogP) is 3.54. The Morgan fingerprint density at radius 3 is 2.65 bits per heavy atom. The first kappa shape index (κ1) is 14.9. The molecule has 1 aromatic carbocycles. The first-order chi connectivity index (χ1) is 9.51. The molecule has 0 fully saturated rings. The molecular weight excluding hydrogens is 288 g/mol. The molecule has 3 nitrogen and oxygen atoms in total. The van der Waals surface area contributed by atoms with Crippen LogP contribution in [0.1, 0.15) is 33.6 Å². The van der Waals surface area contributed by atoms with E-state index < -0.39 is 0 Å². The number of ether oxygens (including phenoxy) is 1. The van der Waals surface area contributed by atoms with Crippen LogP contribution in [0, 0.1) is 13.8 Å². The zero-order valence-corrected chi connectivity index (χ0v) is 13.5. The molecule has 0 aliphatic rings. The second kappa shape index (κ2) is 6.33. The van der Waals surface area contributed by atoms with Gasteiger partial charge in [-0.05, 0) is 43.5 Å². The Hall–Kier alpha value is -1.46. The van der Waals surface area contributed by atoms with Crippen LogP contribution in [0.2, 0.25) is 0 Å². The van der Waals surface area contributed by atoms with Crippen molar-refractivity contribution in [2.45, 2.75) is 33.8 Å². The van der Waals surface area contributed by atoms with Gasteiger partial charge in [-0.25, -0.2) is 4.98 Å². The molecule has 106 valence electrons. The van der Waals surface area contributed by atoms with E-state index in [-0.39, 0.29) is 0 Å². The van der Waals surface area contributed by atoms with E-state index in [4.69, 9.17) is 22.7 Å². The zero-order chi connectivity index (χ0) is 14.7. The summed E-state index contributed by atoms with van der Waals surface area (Å²) in [6, 6.07) is 6.08. The van der Waals surface area contributed by atoms with Crippen molar-refractivity contribution in [2.75, 3.05) is 0 Å². The summed E-state index contributed by atoms with van der Waals surface area (Å²) >= 11 is 6.56. The average Bonchev–Trinajstić information content (AvgIpc) is 2.84. The third-order valence-corrected chi connectivity index (χ3v) is 4.58. The largest absolute Gasteiger partial charge is 0.486 e. The van der Waals surface area contributed by atoms with E-state index in [1.165, 1.54) is 22.5 Å². The van der Waals surface area contributed by atoms with Crippen LogP contribution < -0.4 is 10.5 Å². The van der Waals surface area contributed by atoms with Gasteiger partial charge in [0, 0.05) is 0 Å².